The molecule has 0 N–H and O–H groups in total. The lowest BCUT2D eigenvalue weighted by atomic mass is 10.1. The van der Waals surface area contributed by atoms with E-state index in [2.05, 4.69) is 41.4 Å². The highest BCUT2D eigenvalue weighted by Gasteiger charge is 2.04. The van der Waals surface area contributed by atoms with Crippen LogP contribution in [0.2, 0.25) is 0 Å². The highest BCUT2D eigenvalue weighted by Crippen LogP contribution is 2.21. The van der Waals surface area contributed by atoms with Gasteiger partial charge in [0.15, 0.2) is 24.8 Å². The monoisotopic (exact) mass is 353 g/mol. The molecule has 3 rings (SSSR count). The van der Waals surface area contributed by atoms with Gasteiger partial charge in [-0.25, -0.2) is 9.13 Å². The Bertz CT molecular complexity index is 635. The molecule has 0 saturated carbocycles. The summed E-state index contributed by atoms with van der Waals surface area (Å²) in [7, 11) is 4.02. The van der Waals surface area contributed by atoms with Gasteiger partial charge in [-0.3, -0.25) is 4.98 Å². The lowest BCUT2D eigenvalue weighted by Gasteiger charge is -2.03. The van der Waals surface area contributed by atoms with Crippen LogP contribution < -0.4 is 9.13 Å². The van der Waals surface area contributed by atoms with E-state index in [1.165, 1.54) is 5.56 Å². The van der Waals surface area contributed by atoms with Crippen molar-refractivity contribution in [3.05, 3.63) is 67.4 Å². The van der Waals surface area contributed by atoms with E-state index >= 15 is 0 Å². The van der Waals surface area contributed by atoms with Gasteiger partial charge in [0.2, 0.25) is 0 Å². The number of nitrogens with zero attached hydrogens (tertiary/aromatic N) is 3. The van der Waals surface area contributed by atoms with E-state index in [-0.39, 0.29) is 0 Å². The SMILES string of the molecule is CC.CC.CC.C[n+]1ccc(-c2ccc(-c3cc[n+](C)cc3)nc2)cc1. The predicted octanol–water partition coefficient (Wildman–Crippen LogP) is 5.14. The van der Waals surface area contributed by atoms with Gasteiger partial charge in [0.25, 0.3) is 0 Å². The minimum Gasteiger partial charge on any atom is -0.256 e. The molecular formula is C23H35N3+2. The molecule has 3 heterocycles. The Kier molecular flexibility index (Phi) is 12.4. The number of aromatic nitrogens is 3. The van der Waals surface area contributed by atoms with Crippen molar-refractivity contribution in [1.82, 2.24) is 4.98 Å². The zero-order chi connectivity index (χ0) is 19.9. The standard InChI is InChI=1S/C17H17N3.3C2H6/c1-19-9-5-14(6-10-19)16-3-4-17(18-13-16)15-7-11-20(2)12-8-15;3*1-2/h3-13H,1-2H3;3*1-2H3/q+2;;;. The minimum atomic E-state index is 0.996. The van der Waals surface area contributed by atoms with Gasteiger partial charge in [-0.2, -0.15) is 0 Å². The van der Waals surface area contributed by atoms with Crippen molar-refractivity contribution in [3.8, 4) is 22.4 Å². The van der Waals surface area contributed by atoms with Gasteiger partial charge in [0.05, 0.1) is 5.69 Å². The maximum Gasteiger partial charge on any atom is 0.169 e. The third kappa shape index (κ3) is 7.14. The Balaban J connectivity index is 0.000000948. The summed E-state index contributed by atoms with van der Waals surface area (Å²) in [6.45, 7) is 12.0. The molecule has 0 aromatic carbocycles. The number of hydrogen-bond donors (Lipinski definition) is 0. The number of hydrogen-bond acceptors (Lipinski definition) is 1. The largest absolute Gasteiger partial charge is 0.256 e. The topological polar surface area (TPSA) is 20.6 Å². The van der Waals surface area contributed by atoms with E-state index in [1.54, 1.807) is 0 Å². The zero-order valence-electron chi connectivity index (χ0n) is 17.7. The summed E-state index contributed by atoms with van der Waals surface area (Å²) in [5.41, 5.74) is 4.45. The molecule has 26 heavy (non-hydrogen) atoms. The normalized spacial score (nSPS) is 8.77. The summed E-state index contributed by atoms with van der Waals surface area (Å²) in [5, 5.41) is 0. The van der Waals surface area contributed by atoms with Crippen molar-refractivity contribution in [1.29, 1.82) is 0 Å². The molecule has 0 aliphatic carbocycles. The molecule has 3 aromatic heterocycles. The van der Waals surface area contributed by atoms with E-state index in [1.807, 2.05) is 95.8 Å². The first kappa shape index (κ1) is 23.4. The van der Waals surface area contributed by atoms with Crippen LogP contribution in [0.5, 0.6) is 0 Å². The van der Waals surface area contributed by atoms with Crippen molar-refractivity contribution >= 4 is 0 Å². The van der Waals surface area contributed by atoms with Gasteiger partial charge >= 0.3 is 0 Å². The van der Waals surface area contributed by atoms with Crippen LogP contribution in [-0.2, 0) is 14.1 Å². The Morgan fingerprint density at radius 3 is 1.35 bits per heavy atom. The minimum absolute atomic E-state index is 0.996. The fourth-order valence-electron chi connectivity index (χ4n) is 2.10. The number of pyridine rings is 3. The summed E-state index contributed by atoms with van der Waals surface area (Å²) in [5.74, 6) is 0. The van der Waals surface area contributed by atoms with Crippen molar-refractivity contribution < 1.29 is 9.13 Å². The highest BCUT2D eigenvalue weighted by molar-refractivity contribution is 5.65. The zero-order valence-corrected chi connectivity index (χ0v) is 17.7. The lowest BCUT2D eigenvalue weighted by Crippen LogP contribution is -2.25. The molecular weight excluding hydrogens is 318 g/mol. The Hall–Kier alpha value is -2.55. The molecule has 3 aromatic rings. The summed E-state index contributed by atoms with van der Waals surface area (Å²) in [6, 6.07) is 12.5. The summed E-state index contributed by atoms with van der Waals surface area (Å²) in [6.07, 6.45) is 10.1. The fraction of sp³-hybridized carbons (Fsp3) is 0.348. The van der Waals surface area contributed by atoms with E-state index in [4.69, 9.17) is 0 Å². The molecule has 3 nitrogen and oxygen atoms in total. The Morgan fingerprint density at radius 1 is 0.538 bits per heavy atom. The number of rotatable bonds is 2. The van der Waals surface area contributed by atoms with Crippen LogP contribution in [0.25, 0.3) is 22.4 Å². The van der Waals surface area contributed by atoms with Gasteiger partial charge in [0, 0.05) is 41.6 Å². The van der Waals surface area contributed by atoms with Gasteiger partial charge in [-0.05, 0) is 11.6 Å². The second-order valence-corrected chi connectivity index (χ2v) is 4.94. The van der Waals surface area contributed by atoms with E-state index in [0.717, 1.165) is 16.8 Å². The molecule has 140 valence electrons. The van der Waals surface area contributed by atoms with Crippen molar-refractivity contribution in [3.63, 3.8) is 0 Å². The van der Waals surface area contributed by atoms with Crippen LogP contribution >= 0.6 is 0 Å². The van der Waals surface area contributed by atoms with Crippen molar-refractivity contribution in [2.75, 3.05) is 0 Å². The smallest absolute Gasteiger partial charge is 0.169 e. The van der Waals surface area contributed by atoms with Gasteiger partial charge in [-0.15, -0.1) is 0 Å². The third-order valence-electron chi connectivity index (χ3n) is 3.35. The Morgan fingerprint density at radius 2 is 0.962 bits per heavy atom. The maximum atomic E-state index is 4.56. The first-order valence-electron chi connectivity index (χ1n) is 9.60. The summed E-state index contributed by atoms with van der Waals surface area (Å²) in [4.78, 5) is 4.56. The molecule has 0 atom stereocenters. The molecule has 0 bridgehead atoms. The molecule has 0 aliphatic heterocycles. The molecule has 0 spiro atoms. The van der Waals surface area contributed by atoms with Crippen LogP contribution in [0.3, 0.4) is 0 Å². The molecule has 0 amide bonds. The van der Waals surface area contributed by atoms with Crippen LogP contribution in [-0.4, -0.2) is 4.98 Å². The lowest BCUT2D eigenvalue weighted by molar-refractivity contribution is -0.671. The maximum absolute atomic E-state index is 4.56. The van der Waals surface area contributed by atoms with Crippen LogP contribution in [0.4, 0.5) is 0 Å². The second kappa shape index (κ2) is 13.7. The van der Waals surface area contributed by atoms with Crippen LogP contribution in [0, 0.1) is 0 Å². The number of aryl methyl sites for hydroxylation is 2. The summed E-state index contributed by atoms with van der Waals surface area (Å²) < 4.78 is 4.04. The second-order valence-electron chi connectivity index (χ2n) is 4.94. The molecule has 0 radical (unpaired) electrons. The van der Waals surface area contributed by atoms with Crippen molar-refractivity contribution in [2.24, 2.45) is 14.1 Å². The first-order valence-corrected chi connectivity index (χ1v) is 9.60. The fourth-order valence-corrected chi connectivity index (χ4v) is 2.10. The van der Waals surface area contributed by atoms with E-state index in [9.17, 15) is 0 Å². The van der Waals surface area contributed by atoms with Gasteiger partial charge in [0.1, 0.15) is 14.1 Å². The van der Waals surface area contributed by atoms with Crippen LogP contribution in [0.1, 0.15) is 41.5 Å². The quantitative estimate of drug-likeness (QED) is 0.584. The third-order valence-corrected chi connectivity index (χ3v) is 3.35. The molecule has 0 aliphatic rings. The average Bonchev–Trinajstić information content (AvgIpc) is 2.74. The average molecular weight is 354 g/mol. The molecule has 3 heteroatoms. The highest BCUT2D eigenvalue weighted by atomic mass is 14.9. The van der Waals surface area contributed by atoms with Crippen molar-refractivity contribution in [2.45, 2.75) is 41.5 Å². The molecule has 0 fully saturated rings. The molecule has 0 saturated heterocycles. The van der Waals surface area contributed by atoms with Crippen LogP contribution in [0.15, 0.2) is 67.4 Å². The predicted molar refractivity (Wildman–Crippen MR) is 112 cm³/mol. The van der Waals surface area contributed by atoms with E-state index < -0.39 is 0 Å². The van der Waals surface area contributed by atoms with Gasteiger partial charge in [-0.1, -0.05) is 47.6 Å². The van der Waals surface area contributed by atoms with Gasteiger partial charge < -0.3 is 0 Å². The molecule has 0 unspecified atom stereocenters. The van der Waals surface area contributed by atoms with E-state index in [0.29, 0.717) is 0 Å². The first-order chi connectivity index (χ1) is 12.7. The summed E-state index contributed by atoms with van der Waals surface area (Å²) >= 11 is 0. The Labute approximate surface area is 160 Å².